The fourth-order valence-corrected chi connectivity index (χ4v) is 3.09. The molecule has 0 aliphatic rings. The van der Waals surface area contributed by atoms with Gasteiger partial charge in [-0.05, 0) is 38.8 Å². The highest BCUT2D eigenvalue weighted by atomic mass is 16.5. The van der Waals surface area contributed by atoms with Crippen LogP contribution in [0.3, 0.4) is 0 Å². The summed E-state index contributed by atoms with van der Waals surface area (Å²) in [5.74, 6) is 1.36. The van der Waals surface area contributed by atoms with Gasteiger partial charge in [-0.2, -0.15) is 0 Å². The normalized spacial score (nSPS) is 13.0. The summed E-state index contributed by atoms with van der Waals surface area (Å²) in [7, 11) is 1.66. The van der Waals surface area contributed by atoms with Crippen molar-refractivity contribution in [2.45, 2.75) is 46.8 Å². The second-order valence-electron chi connectivity index (χ2n) is 7.68. The largest absolute Gasteiger partial charge is 0.497 e. The van der Waals surface area contributed by atoms with E-state index in [4.69, 9.17) is 4.74 Å². The molecule has 0 aliphatic carbocycles. The van der Waals surface area contributed by atoms with Crippen molar-refractivity contribution in [3.63, 3.8) is 0 Å². The van der Waals surface area contributed by atoms with Crippen LogP contribution in [0.25, 0.3) is 10.9 Å². The number of methoxy groups -OCH3 is 1. The molecule has 2 aromatic rings. The van der Waals surface area contributed by atoms with Crippen LogP contribution in [0, 0.1) is 12.8 Å². The van der Waals surface area contributed by atoms with E-state index in [2.05, 4.69) is 42.9 Å². The minimum absolute atomic E-state index is 0.411. The minimum atomic E-state index is -0.456. The number of pyridine rings is 1. The lowest BCUT2D eigenvalue weighted by Gasteiger charge is -2.30. The Morgan fingerprint density at radius 3 is 2.50 bits per heavy atom. The number of nitrogens with one attached hydrogen (secondary N) is 1. The van der Waals surface area contributed by atoms with Crippen LogP contribution in [0.2, 0.25) is 0 Å². The molecule has 0 aliphatic heterocycles. The number of aromatic nitrogens is 1. The Balaban J connectivity index is 2.11. The van der Waals surface area contributed by atoms with Crippen LogP contribution >= 0.6 is 0 Å². The number of benzene rings is 1. The lowest BCUT2D eigenvalue weighted by Crippen LogP contribution is -2.42. The van der Waals surface area contributed by atoms with Crippen molar-refractivity contribution in [1.82, 2.24) is 9.88 Å². The molecule has 0 radical (unpaired) electrons. The number of anilines is 1. The number of fused-ring (bicyclic) bond motifs is 1. The maximum atomic E-state index is 10.5. The third-order valence-corrected chi connectivity index (χ3v) is 4.44. The maximum Gasteiger partial charge on any atom is 0.121 e. The molecule has 5 nitrogen and oxygen atoms in total. The molecule has 1 atom stereocenters. The van der Waals surface area contributed by atoms with Crippen molar-refractivity contribution in [2.75, 3.05) is 32.1 Å². The molecule has 0 saturated carbocycles. The van der Waals surface area contributed by atoms with E-state index in [0.717, 1.165) is 34.6 Å². The van der Waals surface area contributed by atoms with Crippen molar-refractivity contribution in [3.05, 3.63) is 30.0 Å². The topological polar surface area (TPSA) is 57.6 Å². The quantitative estimate of drug-likeness (QED) is 0.715. The Labute approximate surface area is 157 Å². The summed E-state index contributed by atoms with van der Waals surface area (Å²) in [5.41, 5.74) is 2.76. The van der Waals surface area contributed by atoms with Crippen molar-refractivity contribution < 1.29 is 9.84 Å². The van der Waals surface area contributed by atoms with Gasteiger partial charge in [0.2, 0.25) is 0 Å². The number of aliphatic hydroxyl groups is 1. The summed E-state index contributed by atoms with van der Waals surface area (Å²) in [6.45, 7) is 12.8. The van der Waals surface area contributed by atoms with Gasteiger partial charge in [0, 0.05) is 42.8 Å². The van der Waals surface area contributed by atoms with Crippen molar-refractivity contribution >= 4 is 16.6 Å². The monoisotopic (exact) mass is 359 g/mol. The Morgan fingerprint density at radius 2 is 1.88 bits per heavy atom. The highest BCUT2D eigenvalue weighted by Gasteiger charge is 2.16. The third kappa shape index (κ3) is 5.58. The van der Waals surface area contributed by atoms with Gasteiger partial charge < -0.3 is 15.2 Å². The Hall–Kier alpha value is -1.85. The number of rotatable bonds is 9. The number of hydrogen-bond acceptors (Lipinski definition) is 5. The summed E-state index contributed by atoms with van der Waals surface area (Å²) in [4.78, 5) is 6.97. The van der Waals surface area contributed by atoms with Crippen LogP contribution < -0.4 is 10.1 Å². The molecule has 0 spiro atoms. The minimum Gasteiger partial charge on any atom is -0.497 e. The van der Waals surface area contributed by atoms with E-state index in [1.165, 1.54) is 0 Å². The van der Waals surface area contributed by atoms with Crippen LogP contribution in [-0.4, -0.2) is 53.9 Å². The maximum absolute atomic E-state index is 10.5. The molecule has 1 aromatic carbocycles. The summed E-state index contributed by atoms with van der Waals surface area (Å²) in [5, 5.41) is 14.9. The lowest BCUT2D eigenvalue weighted by molar-refractivity contribution is 0.0953. The summed E-state index contributed by atoms with van der Waals surface area (Å²) in [6, 6.07) is 8.37. The molecule has 1 unspecified atom stereocenters. The van der Waals surface area contributed by atoms with E-state index in [0.29, 0.717) is 25.0 Å². The van der Waals surface area contributed by atoms with E-state index < -0.39 is 6.10 Å². The number of aryl methyl sites for hydroxylation is 1. The second-order valence-corrected chi connectivity index (χ2v) is 7.68. The molecule has 144 valence electrons. The van der Waals surface area contributed by atoms with Crippen molar-refractivity contribution in [1.29, 1.82) is 0 Å². The molecule has 26 heavy (non-hydrogen) atoms. The number of ether oxygens (including phenoxy) is 1. The summed E-state index contributed by atoms with van der Waals surface area (Å²) >= 11 is 0. The van der Waals surface area contributed by atoms with E-state index in [1.807, 2.05) is 31.2 Å². The molecular weight excluding hydrogens is 326 g/mol. The highest BCUT2D eigenvalue weighted by molar-refractivity contribution is 5.92. The number of aliphatic hydroxyl groups excluding tert-OH is 1. The molecule has 0 amide bonds. The van der Waals surface area contributed by atoms with Gasteiger partial charge in [-0.1, -0.05) is 19.9 Å². The third-order valence-electron chi connectivity index (χ3n) is 4.44. The summed E-state index contributed by atoms with van der Waals surface area (Å²) < 4.78 is 5.40. The average molecular weight is 360 g/mol. The molecule has 1 heterocycles. The first-order valence-corrected chi connectivity index (χ1v) is 9.41. The van der Waals surface area contributed by atoms with Crippen LogP contribution in [-0.2, 0) is 0 Å². The van der Waals surface area contributed by atoms with Crippen LogP contribution in [0.4, 0.5) is 5.69 Å². The first-order chi connectivity index (χ1) is 12.3. The Kier molecular flexibility index (Phi) is 7.23. The average Bonchev–Trinajstić information content (AvgIpc) is 2.58. The molecule has 2 rings (SSSR count). The number of hydrogen-bond donors (Lipinski definition) is 2. The molecule has 1 aromatic heterocycles. The molecule has 2 N–H and O–H groups in total. The van der Waals surface area contributed by atoms with Gasteiger partial charge in [-0.25, -0.2) is 0 Å². The van der Waals surface area contributed by atoms with Gasteiger partial charge >= 0.3 is 0 Å². The first kappa shape index (κ1) is 20.5. The molecule has 0 saturated heterocycles. The highest BCUT2D eigenvalue weighted by Crippen LogP contribution is 2.28. The molecule has 0 bridgehead atoms. The molecule has 0 fully saturated rings. The van der Waals surface area contributed by atoms with E-state index in [1.54, 1.807) is 7.11 Å². The SMILES string of the molecule is COc1cc(NCC(O)CN(CC(C)C)C(C)C)c2nc(C)ccc2c1. The molecule has 5 heteroatoms. The zero-order chi connectivity index (χ0) is 19.3. The van der Waals surface area contributed by atoms with Gasteiger partial charge in [0.15, 0.2) is 0 Å². The van der Waals surface area contributed by atoms with E-state index in [-0.39, 0.29) is 0 Å². The predicted molar refractivity (Wildman–Crippen MR) is 109 cm³/mol. The van der Waals surface area contributed by atoms with Gasteiger partial charge in [0.1, 0.15) is 5.75 Å². The van der Waals surface area contributed by atoms with Gasteiger partial charge in [-0.15, -0.1) is 0 Å². The number of nitrogens with zero attached hydrogens (tertiary/aromatic N) is 2. The van der Waals surface area contributed by atoms with Gasteiger partial charge in [-0.3, -0.25) is 9.88 Å². The Bertz CT molecular complexity index is 716. The second kappa shape index (κ2) is 9.19. The smallest absolute Gasteiger partial charge is 0.121 e. The zero-order valence-electron chi connectivity index (χ0n) is 16.9. The predicted octanol–water partition coefficient (Wildman–Crippen LogP) is 3.69. The molecular formula is C21H33N3O2. The fourth-order valence-electron chi connectivity index (χ4n) is 3.09. The van der Waals surface area contributed by atoms with E-state index in [9.17, 15) is 5.11 Å². The van der Waals surface area contributed by atoms with Crippen molar-refractivity contribution in [3.8, 4) is 5.75 Å². The Morgan fingerprint density at radius 1 is 1.15 bits per heavy atom. The van der Waals surface area contributed by atoms with Gasteiger partial charge in [0.05, 0.1) is 24.4 Å². The zero-order valence-corrected chi connectivity index (χ0v) is 16.9. The van der Waals surface area contributed by atoms with E-state index >= 15 is 0 Å². The van der Waals surface area contributed by atoms with Crippen molar-refractivity contribution in [2.24, 2.45) is 5.92 Å². The fraction of sp³-hybridized carbons (Fsp3) is 0.571. The standard InChI is InChI=1S/C21H33N3O2/c1-14(2)12-24(15(3)4)13-18(25)11-22-20-10-19(26-6)9-17-8-7-16(5)23-21(17)20/h7-10,14-15,18,22,25H,11-13H2,1-6H3. The summed E-state index contributed by atoms with van der Waals surface area (Å²) in [6.07, 6.45) is -0.456. The first-order valence-electron chi connectivity index (χ1n) is 9.41. The lowest BCUT2D eigenvalue weighted by atomic mass is 10.1. The van der Waals surface area contributed by atoms with Crippen LogP contribution in [0.15, 0.2) is 24.3 Å². The van der Waals surface area contributed by atoms with Crippen LogP contribution in [0.1, 0.15) is 33.4 Å². The van der Waals surface area contributed by atoms with Crippen LogP contribution in [0.5, 0.6) is 5.75 Å². The van der Waals surface area contributed by atoms with Gasteiger partial charge in [0.25, 0.3) is 0 Å².